The highest BCUT2D eigenvalue weighted by molar-refractivity contribution is 5.56. The van der Waals surface area contributed by atoms with E-state index in [1.165, 1.54) is 0 Å². The van der Waals surface area contributed by atoms with Crippen LogP contribution in [0.2, 0.25) is 0 Å². The summed E-state index contributed by atoms with van der Waals surface area (Å²) in [7, 11) is 0. The Balaban J connectivity index is 3.80. The quantitative estimate of drug-likeness (QED) is 0.509. The fraction of sp³-hybridized carbons (Fsp3) is 0.667. The molecule has 8 heavy (non-hydrogen) atoms. The molecule has 5 heteroatoms. The maximum absolute atomic E-state index is 11.0. The number of carbonyl (C=O) groups excluding carboxylic acids is 1. The predicted molar refractivity (Wildman–Crippen MR) is 18.1 cm³/mol. The zero-order valence-corrected chi connectivity index (χ0v) is 3.64. The molecule has 0 heterocycles. The van der Waals surface area contributed by atoms with Crippen LogP contribution >= 0.6 is 0 Å². The Hall–Kier alpha value is -0.580. The van der Waals surface area contributed by atoms with Gasteiger partial charge in [-0.1, -0.05) is 0 Å². The molecule has 0 bridgehead atoms. The Morgan fingerprint density at radius 2 is 1.88 bits per heavy atom. The van der Waals surface area contributed by atoms with Gasteiger partial charge in [-0.05, 0) is 0 Å². The van der Waals surface area contributed by atoms with Gasteiger partial charge in [-0.15, -0.1) is 0 Å². The molecule has 0 radical (unpaired) electrons. The number of hydrogen-bond acceptors (Lipinski definition) is 2. The Bertz CT molecular complexity index is 87.0. The second kappa shape index (κ2) is 2.13. The molecule has 0 aliphatic heterocycles. The molecule has 0 aliphatic rings. The van der Waals surface area contributed by atoms with E-state index in [9.17, 15) is 18.0 Å². The summed E-state index contributed by atoms with van der Waals surface area (Å²) < 4.78 is 32.9. The van der Waals surface area contributed by atoms with E-state index >= 15 is 0 Å². The fourth-order valence-electron chi connectivity index (χ4n) is 0.0772. The third kappa shape index (κ3) is 1.92. The van der Waals surface area contributed by atoms with Crippen molar-refractivity contribution < 1.29 is 23.1 Å². The molecule has 0 aromatic carbocycles. The SMILES string of the molecule is O=C[C@@H](O)C(F)(F)F. The van der Waals surface area contributed by atoms with E-state index in [-0.39, 0.29) is 0 Å². The summed E-state index contributed by atoms with van der Waals surface area (Å²) in [5.41, 5.74) is 0. The normalized spacial score (nSPS) is 15.5. The van der Waals surface area contributed by atoms with E-state index in [4.69, 9.17) is 5.11 Å². The lowest BCUT2D eigenvalue weighted by atomic mass is 10.4. The van der Waals surface area contributed by atoms with Gasteiger partial charge in [0.1, 0.15) is 0 Å². The molecule has 48 valence electrons. The van der Waals surface area contributed by atoms with E-state index in [1.54, 1.807) is 0 Å². The number of aliphatic hydroxyl groups is 1. The zero-order valence-electron chi connectivity index (χ0n) is 3.64. The van der Waals surface area contributed by atoms with Crippen molar-refractivity contribution in [3.63, 3.8) is 0 Å². The Morgan fingerprint density at radius 1 is 1.50 bits per heavy atom. The van der Waals surface area contributed by atoms with Gasteiger partial charge in [0.15, 0.2) is 6.29 Å². The third-order valence-corrected chi connectivity index (χ3v) is 0.464. The van der Waals surface area contributed by atoms with Crippen LogP contribution in [0.3, 0.4) is 0 Å². The van der Waals surface area contributed by atoms with Crippen molar-refractivity contribution in [2.45, 2.75) is 12.3 Å². The molecule has 0 amide bonds. The first kappa shape index (κ1) is 7.42. The van der Waals surface area contributed by atoms with E-state index < -0.39 is 18.6 Å². The van der Waals surface area contributed by atoms with Crippen LogP contribution in [-0.2, 0) is 4.79 Å². The average Bonchev–Trinajstić information content (AvgIpc) is 1.62. The smallest absolute Gasteiger partial charge is 0.377 e. The molecular formula is C3H3F3O2. The minimum atomic E-state index is -4.80. The van der Waals surface area contributed by atoms with Gasteiger partial charge in [-0.25, -0.2) is 0 Å². The Morgan fingerprint density at radius 3 is 1.88 bits per heavy atom. The molecule has 0 saturated heterocycles. The lowest BCUT2D eigenvalue weighted by Crippen LogP contribution is -2.29. The van der Waals surface area contributed by atoms with Gasteiger partial charge >= 0.3 is 6.18 Å². The number of hydrogen-bond donors (Lipinski definition) is 1. The minimum Gasteiger partial charge on any atom is -0.377 e. The van der Waals surface area contributed by atoms with Gasteiger partial charge in [-0.3, -0.25) is 0 Å². The van der Waals surface area contributed by atoms with E-state index in [0.717, 1.165) is 0 Å². The van der Waals surface area contributed by atoms with Crippen molar-refractivity contribution >= 4 is 6.29 Å². The molecule has 2 nitrogen and oxygen atoms in total. The van der Waals surface area contributed by atoms with Gasteiger partial charge in [-0.2, -0.15) is 13.2 Å². The van der Waals surface area contributed by atoms with Crippen LogP contribution in [0.4, 0.5) is 13.2 Å². The van der Waals surface area contributed by atoms with Crippen molar-refractivity contribution in [3.8, 4) is 0 Å². The van der Waals surface area contributed by atoms with Crippen molar-refractivity contribution in [2.75, 3.05) is 0 Å². The number of aliphatic hydroxyl groups excluding tert-OH is 1. The molecule has 0 fully saturated rings. The van der Waals surface area contributed by atoms with Crippen molar-refractivity contribution in [1.29, 1.82) is 0 Å². The van der Waals surface area contributed by atoms with Crippen LogP contribution in [0.25, 0.3) is 0 Å². The van der Waals surface area contributed by atoms with Crippen LogP contribution in [0.5, 0.6) is 0 Å². The molecule has 0 unspecified atom stereocenters. The molecule has 0 aliphatic carbocycles. The average molecular weight is 128 g/mol. The number of rotatable bonds is 1. The van der Waals surface area contributed by atoms with Gasteiger partial charge < -0.3 is 9.90 Å². The molecule has 0 rings (SSSR count). The molecule has 0 spiro atoms. The highest BCUT2D eigenvalue weighted by Crippen LogP contribution is 2.17. The summed E-state index contributed by atoms with van der Waals surface area (Å²) in [5.74, 6) is 0. The first-order chi connectivity index (χ1) is 3.48. The van der Waals surface area contributed by atoms with Gasteiger partial charge in [0.2, 0.25) is 6.10 Å². The summed E-state index contributed by atoms with van der Waals surface area (Å²) in [6.45, 7) is 0. The number of alkyl halides is 3. The maximum Gasteiger partial charge on any atom is 0.421 e. The largest absolute Gasteiger partial charge is 0.421 e. The second-order valence-electron chi connectivity index (χ2n) is 1.12. The van der Waals surface area contributed by atoms with Gasteiger partial charge in [0, 0.05) is 0 Å². The van der Waals surface area contributed by atoms with Crippen molar-refractivity contribution in [1.82, 2.24) is 0 Å². The molecular weight excluding hydrogens is 125 g/mol. The Labute approximate surface area is 42.9 Å². The van der Waals surface area contributed by atoms with Crippen LogP contribution in [0.1, 0.15) is 0 Å². The number of halogens is 3. The van der Waals surface area contributed by atoms with Crippen LogP contribution in [0.15, 0.2) is 0 Å². The highest BCUT2D eigenvalue weighted by atomic mass is 19.4. The number of carbonyl (C=O) groups is 1. The van der Waals surface area contributed by atoms with Gasteiger partial charge in [0.05, 0.1) is 0 Å². The summed E-state index contributed by atoms with van der Waals surface area (Å²) >= 11 is 0. The summed E-state index contributed by atoms with van der Waals surface area (Å²) in [5, 5.41) is 7.70. The summed E-state index contributed by atoms with van der Waals surface area (Å²) in [6, 6.07) is 0. The number of aldehydes is 1. The van der Waals surface area contributed by atoms with Crippen molar-refractivity contribution in [2.24, 2.45) is 0 Å². The highest BCUT2D eigenvalue weighted by Gasteiger charge is 2.37. The first-order valence-electron chi connectivity index (χ1n) is 1.68. The van der Waals surface area contributed by atoms with Crippen molar-refractivity contribution in [3.05, 3.63) is 0 Å². The monoisotopic (exact) mass is 128 g/mol. The standard InChI is InChI=1S/C3H3F3O2/c4-3(5,6)2(8)1-7/h1-2,8H/t2-/m1/s1. The molecule has 0 saturated carbocycles. The predicted octanol–water partition coefficient (Wildman–Crippen LogP) is 0.108. The minimum absolute atomic E-state index is 0.569. The topological polar surface area (TPSA) is 37.3 Å². The molecule has 1 atom stereocenters. The van der Waals surface area contributed by atoms with Gasteiger partial charge in [0.25, 0.3) is 0 Å². The zero-order chi connectivity index (χ0) is 6.78. The van der Waals surface area contributed by atoms with Crippen LogP contribution in [-0.4, -0.2) is 23.7 Å². The fourth-order valence-corrected chi connectivity index (χ4v) is 0.0772. The summed E-state index contributed by atoms with van der Waals surface area (Å²) in [4.78, 5) is 9.18. The Kier molecular flexibility index (Phi) is 1.97. The molecule has 0 aromatic heterocycles. The lowest BCUT2D eigenvalue weighted by Gasteiger charge is -2.05. The lowest BCUT2D eigenvalue weighted by molar-refractivity contribution is -0.197. The van der Waals surface area contributed by atoms with E-state index in [0.29, 0.717) is 0 Å². The second-order valence-corrected chi connectivity index (χ2v) is 1.12. The van der Waals surface area contributed by atoms with E-state index in [1.807, 2.05) is 0 Å². The first-order valence-corrected chi connectivity index (χ1v) is 1.68. The van der Waals surface area contributed by atoms with Crippen LogP contribution in [0, 0.1) is 0 Å². The van der Waals surface area contributed by atoms with Crippen LogP contribution < -0.4 is 0 Å². The molecule has 1 N–H and O–H groups in total. The maximum atomic E-state index is 11.0. The molecule has 0 aromatic rings. The summed E-state index contributed by atoms with van der Waals surface area (Å²) in [6.07, 6.45) is -8.20. The van der Waals surface area contributed by atoms with E-state index in [2.05, 4.69) is 0 Å². The third-order valence-electron chi connectivity index (χ3n) is 0.464.